The summed E-state index contributed by atoms with van der Waals surface area (Å²) in [5.74, 6) is -1.08. The summed E-state index contributed by atoms with van der Waals surface area (Å²) in [4.78, 5) is 24.2. The average molecular weight is 198 g/mol. The van der Waals surface area contributed by atoms with Crippen LogP contribution in [-0.2, 0) is 4.79 Å². The maximum atomic E-state index is 11.1. The van der Waals surface area contributed by atoms with Gasteiger partial charge in [-0.1, -0.05) is 0 Å². The summed E-state index contributed by atoms with van der Waals surface area (Å²) in [5, 5.41) is 18.5. The average Bonchev–Trinajstić information content (AvgIpc) is 2.16. The quantitative estimate of drug-likeness (QED) is 0.461. The van der Waals surface area contributed by atoms with Crippen LogP contribution in [-0.4, -0.2) is 27.2 Å². The number of hydrogen-bond donors (Lipinski definition) is 4. The minimum Gasteiger partial charge on any atom is -0.385 e. The number of nitrogens with one attached hydrogen (secondary N) is 1. The zero-order valence-electron chi connectivity index (χ0n) is 7.18. The number of pyridine rings is 1. The van der Waals surface area contributed by atoms with Crippen LogP contribution in [0.5, 0.6) is 0 Å². The van der Waals surface area contributed by atoms with E-state index in [-0.39, 0.29) is 5.56 Å². The molecule has 1 amide bonds. The van der Waals surface area contributed by atoms with E-state index in [4.69, 9.17) is 10.8 Å². The first kappa shape index (κ1) is 10.4. The normalized spacial score (nSPS) is 14.7. The fourth-order valence-corrected chi connectivity index (χ4v) is 0.986. The highest BCUT2D eigenvalue weighted by atomic mass is 16.3. The van der Waals surface area contributed by atoms with Crippen molar-refractivity contribution in [1.82, 2.24) is 4.98 Å². The number of aromatic amines is 1. The molecule has 0 radical (unpaired) electrons. The molecule has 0 saturated heterocycles. The van der Waals surface area contributed by atoms with Gasteiger partial charge < -0.3 is 20.9 Å². The number of nitrogens with two attached hydrogens (primary N) is 1. The van der Waals surface area contributed by atoms with Crippen molar-refractivity contribution >= 4 is 5.91 Å². The minimum absolute atomic E-state index is 0.0983. The van der Waals surface area contributed by atoms with E-state index in [0.29, 0.717) is 0 Å². The SMILES string of the molecule is NC(=O)C(O)C(O)c1c[nH]ccc1=O. The standard InChI is InChI=1S/C8H10N2O4/c9-8(14)7(13)6(12)4-3-10-2-1-5(4)11/h1-3,6-7,12-13H,(H2,9,14)(H,10,11). The van der Waals surface area contributed by atoms with Crippen LogP contribution in [0.25, 0.3) is 0 Å². The van der Waals surface area contributed by atoms with Gasteiger partial charge in [0.15, 0.2) is 11.5 Å². The summed E-state index contributed by atoms with van der Waals surface area (Å²) in [7, 11) is 0. The lowest BCUT2D eigenvalue weighted by atomic mass is 10.1. The summed E-state index contributed by atoms with van der Waals surface area (Å²) < 4.78 is 0. The van der Waals surface area contributed by atoms with E-state index in [9.17, 15) is 14.7 Å². The second-order valence-corrected chi connectivity index (χ2v) is 2.76. The molecular formula is C8H10N2O4. The van der Waals surface area contributed by atoms with Gasteiger partial charge in [0.2, 0.25) is 5.91 Å². The van der Waals surface area contributed by atoms with Crippen LogP contribution in [0, 0.1) is 0 Å². The van der Waals surface area contributed by atoms with Gasteiger partial charge in [-0.3, -0.25) is 9.59 Å². The number of rotatable bonds is 3. The van der Waals surface area contributed by atoms with E-state index in [1.165, 1.54) is 18.5 Å². The Morgan fingerprint density at radius 2 is 2.14 bits per heavy atom. The third-order valence-electron chi connectivity index (χ3n) is 1.76. The van der Waals surface area contributed by atoms with E-state index >= 15 is 0 Å². The third kappa shape index (κ3) is 1.98. The first-order chi connectivity index (χ1) is 6.54. The first-order valence-corrected chi connectivity index (χ1v) is 3.86. The molecule has 2 atom stereocenters. The topological polar surface area (TPSA) is 116 Å². The van der Waals surface area contributed by atoms with Crippen molar-refractivity contribution in [2.75, 3.05) is 0 Å². The Balaban J connectivity index is 3.01. The van der Waals surface area contributed by atoms with E-state index in [1.54, 1.807) is 0 Å². The van der Waals surface area contributed by atoms with Crippen LogP contribution in [0.15, 0.2) is 23.3 Å². The number of amides is 1. The molecule has 0 aliphatic rings. The van der Waals surface area contributed by atoms with Gasteiger partial charge in [-0.15, -0.1) is 0 Å². The molecule has 6 heteroatoms. The van der Waals surface area contributed by atoms with Crippen molar-refractivity contribution in [3.8, 4) is 0 Å². The Morgan fingerprint density at radius 1 is 1.50 bits per heavy atom. The summed E-state index contributed by atoms with van der Waals surface area (Å²) in [5.41, 5.74) is 4.19. The molecule has 1 rings (SSSR count). The molecule has 1 aromatic rings. The van der Waals surface area contributed by atoms with Crippen molar-refractivity contribution in [2.24, 2.45) is 5.73 Å². The number of aliphatic hydroxyl groups excluding tert-OH is 2. The number of carbonyl (C=O) groups excluding carboxylic acids is 1. The summed E-state index contributed by atoms with van der Waals surface area (Å²) in [6.45, 7) is 0. The van der Waals surface area contributed by atoms with Gasteiger partial charge in [0.1, 0.15) is 6.10 Å². The second-order valence-electron chi connectivity index (χ2n) is 2.76. The van der Waals surface area contributed by atoms with Crippen LogP contribution >= 0.6 is 0 Å². The van der Waals surface area contributed by atoms with E-state index in [0.717, 1.165) is 0 Å². The number of H-pyrrole nitrogens is 1. The Morgan fingerprint density at radius 3 is 2.64 bits per heavy atom. The predicted octanol–water partition coefficient (Wildman–Crippen LogP) is -1.75. The highest BCUT2D eigenvalue weighted by Gasteiger charge is 2.25. The van der Waals surface area contributed by atoms with Crippen molar-refractivity contribution in [1.29, 1.82) is 0 Å². The van der Waals surface area contributed by atoms with Crippen LogP contribution in [0.2, 0.25) is 0 Å². The lowest BCUT2D eigenvalue weighted by Gasteiger charge is -2.13. The summed E-state index contributed by atoms with van der Waals surface area (Å²) >= 11 is 0. The fourth-order valence-electron chi connectivity index (χ4n) is 0.986. The number of aliphatic hydroxyl groups is 2. The first-order valence-electron chi connectivity index (χ1n) is 3.86. The molecule has 0 bridgehead atoms. The predicted molar refractivity (Wildman–Crippen MR) is 47.2 cm³/mol. The molecule has 5 N–H and O–H groups in total. The number of primary amides is 1. The number of carbonyl (C=O) groups is 1. The minimum atomic E-state index is -1.78. The molecule has 0 aromatic carbocycles. The molecular weight excluding hydrogens is 188 g/mol. The van der Waals surface area contributed by atoms with Gasteiger partial charge >= 0.3 is 0 Å². The van der Waals surface area contributed by atoms with Crippen molar-refractivity contribution in [3.63, 3.8) is 0 Å². The van der Waals surface area contributed by atoms with Crippen LogP contribution in [0.4, 0.5) is 0 Å². The van der Waals surface area contributed by atoms with Gasteiger partial charge in [-0.25, -0.2) is 0 Å². The molecule has 0 aliphatic carbocycles. The monoisotopic (exact) mass is 198 g/mol. The Kier molecular flexibility index (Phi) is 3.00. The summed E-state index contributed by atoms with van der Waals surface area (Å²) in [6, 6.07) is 1.17. The molecule has 2 unspecified atom stereocenters. The van der Waals surface area contributed by atoms with Crippen LogP contribution in [0.1, 0.15) is 11.7 Å². The van der Waals surface area contributed by atoms with Crippen molar-refractivity contribution < 1.29 is 15.0 Å². The third-order valence-corrected chi connectivity index (χ3v) is 1.76. The van der Waals surface area contributed by atoms with Gasteiger partial charge in [-0.05, 0) is 0 Å². The van der Waals surface area contributed by atoms with E-state index in [1.807, 2.05) is 0 Å². The zero-order chi connectivity index (χ0) is 10.7. The number of hydrogen-bond acceptors (Lipinski definition) is 4. The molecule has 1 aromatic heterocycles. The van der Waals surface area contributed by atoms with Gasteiger partial charge in [0, 0.05) is 24.0 Å². The molecule has 0 fully saturated rings. The number of aromatic nitrogens is 1. The molecule has 6 nitrogen and oxygen atoms in total. The Hall–Kier alpha value is -1.66. The molecule has 76 valence electrons. The van der Waals surface area contributed by atoms with Crippen molar-refractivity contribution in [3.05, 3.63) is 34.2 Å². The molecule has 14 heavy (non-hydrogen) atoms. The fraction of sp³-hybridized carbons (Fsp3) is 0.250. The Labute approximate surface area is 79.0 Å². The van der Waals surface area contributed by atoms with Crippen LogP contribution in [0.3, 0.4) is 0 Å². The molecule has 0 spiro atoms. The molecule has 0 saturated carbocycles. The smallest absolute Gasteiger partial charge is 0.249 e. The molecule has 0 aliphatic heterocycles. The van der Waals surface area contributed by atoms with Crippen molar-refractivity contribution in [2.45, 2.75) is 12.2 Å². The Bertz CT molecular complexity index is 387. The highest BCUT2D eigenvalue weighted by Crippen LogP contribution is 2.11. The second kappa shape index (κ2) is 4.03. The van der Waals surface area contributed by atoms with Gasteiger partial charge in [-0.2, -0.15) is 0 Å². The van der Waals surface area contributed by atoms with Crippen LogP contribution < -0.4 is 11.2 Å². The zero-order valence-corrected chi connectivity index (χ0v) is 7.18. The maximum Gasteiger partial charge on any atom is 0.249 e. The van der Waals surface area contributed by atoms with Gasteiger partial charge in [0.25, 0.3) is 0 Å². The maximum absolute atomic E-state index is 11.1. The van der Waals surface area contributed by atoms with E-state index < -0.39 is 23.5 Å². The van der Waals surface area contributed by atoms with E-state index in [2.05, 4.69) is 4.98 Å². The lowest BCUT2D eigenvalue weighted by Crippen LogP contribution is -2.35. The largest absolute Gasteiger partial charge is 0.385 e. The van der Waals surface area contributed by atoms with Gasteiger partial charge in [0.05, 0.1) is 0 Å². The lowest BCUT2D eigenvalue weighted by molar-refractivity contribution is -0.132. The highest BCUT2D eigenvalue weighted by molar-refractivity contribution is 5.79. The summed E-state index contributed by atoms with van der Waals surface area (Å²) in [6.07, 6.45) is -0.801. The molecule has 1 heterocycles.